The third kappa shape index (κ3) is 4.05. The first kappa shape index (κ1) is 21.0. The maximum absolute atomic E-state index is 14.1. The zero-order valence-corrected chi connectivity index (χ0v) is 17.9. The van der Waals surface area contributed by atoms with E-state index in [-0.39, 0.29) is 17.6 Å². The van der Waals surface area contributed by atoms with E-state index in [1.54, 1.807) is 22.1 Å². The summed E-state index contributed by atoms with van der Waals surface area (Å²) >= 11 is 0. The van der Waals surface area contributed by atoms with Crippen LogP contribution in [0.1, 0.15) is 37.0 Å². The Morgan fingerprint density at radius 1 is 1.10 bits per heavy atom. The lowest BCUT2D eigenvalue weighted by Crippen LogP contribution is -2.50. The van der Waals surface area contributed by atoms with Crippen molar-refractivity contribution < 1.29 is 14.0 Å². The fourth-order valence-corrected chi connectivity index (χ4v) is 4.38. The summed E-state index contributed by atoms with van der Waals surface area (Å²) in [6.07, 6.45) is 2.93. The van der Waals surface area contributed by atoms with Crippen molar-refractivity contribution in [1.29, 1.82) is 5.26 Å². The Hall–Kier alpha value is -3.21. The summed E-state index contributed by atoms with van der Waals surface area (Å²) < 4.78 is 14.1. The smallest absolute Gasteiger partial charge is 0.257 e. The van der Waals surface area contributed by atoms with E-state index in [4.69, 9.17) is 0 Å². The van der Waals surface area contributed by atoms with Crippen molar-refractivity contribution in [3.8, 4) is 6.07 Å². The van der Waals surface area contributed by atoms with Crippen LogP contribution in [-0.4, -0.2) is 65.9 Å². The lowest BCUT2D eigenvalue weighted by Gasteiger charge is -2.39. The molecule has 0 saturated carbocycles. The molecule has 1 aromatic heterocycles. The van der Waals surface area contributed by atoms with E-state index in [1.165, 1.54) is 19.1 Å². The molecule has 0 bridgehead atoms. The van der Waals surface area contributed by atoms with Crippen LogP contribution in [0, 0.1) is 22.6 Å². The largest absolute Gasteiger partial charge is 0.370 e. The van der Waals surface area contributed by atoms with Crippen molar-refractivity contribution in [2.45, 2.75) is 26.7 Å². The van der Waals surface area contributed by atoms with Gasteiger partial charge in [0.1, 0.15) is 5.82 Å². The summed E-state index contributed by atoms with van der Waals surface area (Å²) in [5.74, 6) is -0.538. The Kier molecular flexibility index (Phi) is 5.52. The first-order valence-electron chi connectivity index (χ1n) is 10.6. The molecule has 0 atom stereocenters. The topological polar surface area (TPSA) is 80.5 Å². The Bertz CT molecular complexity index is 1060. The van der Waals surface area contributed by atoms with Gasteiger partial charge in [0.05, 0.1) is 28.3 Å². The summed E-state index contributed by atoms with van der Waals surface area (Å²) in [4.78, 5) is 35.0. The number of benzene rings is 1. The zero-order valence-electron chi connectivity index (χ0n) is 17.9. The van der Waals surface area contributed by atoms with E-state index < -0.39 is 5.41 Å². The normalized spacial score (nSPS) is 18.7. The molecule has 8 heteroatoms. The van der Waals surface area contributed by atoms with Crippen LogP contribution in [0.25, 0.3) is 10.9 Å². The standard InChI is InChI=1S/C23H26FN5O2/c1-16(30)27-9-11-29(12-10-27)22(31)19-14-26-20-4-3-17(24)13-18(20)21(19)28-7-5-23(2,15-25)6-8-28/h3-4,13-14H,5-12H2,1-2H3. The summed E-state index contributed by atoms with van der Waals surface area (Å²) in [5, 5.41) is 10.1. The summed E-state index contributed by atoms with van der Waals surface area (Å²) in [6, 6.07) is 6.81. The van der Waals surface area contributed by atoms with Crippen LogP contribution in [0.4, 0.5) is 10.1 Å². The molecule has 4 rings (SSSR count). The van der Waals surface area contributed by atoms with Crippen molar-refractivity contribution in [3.63, 3.8) is 0 Å². The molecule has 3 heterocycles. The van der Waals surface area contributed by atoms with Crippen molar-refractivity contribution in [2.24, 2.45) is 5.41 Å². The summed E-state index contributed by atoms with van der Waals surface area (Å²) in [7, 11) is 0. The van der Waals surface area contributed by atoms with Crippen molar-refractivity contribution in [2.75, 3.05) is 44.2 Å². The lowest BCUT2D eigenvalue weighted by molar-refractivity contribution is -0.130. The average Bonchev–Trinajstić information content (AvgIpc) is 2.78. The van der Waals surface area contributed by atoms with Crippen LogP contribution < -0.4 is 4.90 Å². The molecule has 162 valence electrons. The van der Waals surface area contributed by atoms with Gasteiger partial charge in [0.2, 0.25) is 5.91 Å². The number of aromatic nitrogens is 1. The quantitative estimate of drug-likeness (QED) is 0.742. The van der Waals surface area contributed by atoms with Gasteiger partial charge in [-0.15, -0.1) is 0 Å². The van der Waals surface area contributed by atoms with Crippen molar-refractivity contribution in [3.05, 3.63) is 35.8 Å². The van der Waals surface area contributed by atoms with Gasteiger partial charge in [-0.25, -0.2) is 4.39 Å². The van der Waals surface area contributed by atoms with Gasteiger partial charge >= 0.3 is 0 Å². The SMILES string of the molecule is CC(=O)N1CCN(C(=O)c2cnc3ccc(F)cc3c2N2CCC(C)(C#N)CC2)CC1. The number of halogens is 1. The van der Waals surface area contributed by atoms with E-state index >= 15 is 0 Å². The van der Waals surface area contributed by atoms with Crippen LogP contribution in [0.15, 0.2) is 24.4 Å². The number of piperidine rings is 1. The average molecular weight is 423 g/mol. The highest BCUT2D eigenvalue weighted by molar-refractivity contribution is 6.07. The number of hydrogen-bond acceptors (Lipinski definition) is 5. The number of piperazine rings is 1. The molecule has 0 aliphatic carbocycles. The maximum atomic E-state index is 14.1. The van der Waals surface area contributed by atoms with Gasteiger partial charge in [-0.2, -0.15) is 5.26 Å². The van der Waals surface area contributed by atoms with Crippen molar-refractivity contribution in [1.82, 2.24) is 14.8 Å². The molecule has 7 nitrogen and oxygen atoms in total. The number of nitrogens with zero attached hydrogens (tertiary/aromatic N) is 5. The van der Waals surface area contributed by atoms with Gasteiger partial charge in [-0.05, 0) is 38.0 Å². The predicted octanol–water partition coefficient (Wildman–Crippen LogP) is 2.81. The molecule has 2 fully saturated rings. The van der Waals surface area contributed by atoms with E-state index in [0.717, 1.165) is 0 Å². The number of fused-ring (bicyclic) bond motifs is 1. The second-order valence-electron chi connectivity index (χ2n) is 8.64. The van der Waals surface area contributed by atoms with Gasteiger partial charge in [0, 0.05) is 57.8 Å². The number of nitriles is 1. The summed E-state index contributed by atoms with van der Waals surface area (Å²) in [5.41, 5.74) is 1.36. The maximum Gasteiger partial charge on any atom is 0.257 e. The monoisotopic (exact) mass is 423 g/mol. The number of hydrogen-bond donors (Lipinski definition) is 0. The third-order valence-corrected chi connectivity index (χ3v) is 6.50. The number of carbonyl (C=O) groups excluding carboxylic acids is 2. The molecule has 0 N–H and O–H groups in total. The number of rotatable bonds is 2. The molecule has 2 aliphatic rings. The number of anilines is 1. The Labute approximate surface area is 181 Å². The fourth-order valence-electron chi connectivity index (χ4n) is 4.38. The minimum atomic E-state index is -0.391. The molecule has 2 amide bonds. The van der Waals surface area contributed by atoms with Crippen LogP contribution >= 0.6 is 0 Å². The fraction of sp³-hybridized carbons (Fsp3) is 0.478. The van der Waals surface area contributed by atoms with Crippen LogP contribution in [0.5, 0.6) is 0 Å². The Balaban J connectivity index is 1.70. The van der Waals surface area contributed by atoms with E-state index in [9.17, 15) is 19.2 Å². The summed E-state index contributed by atoms with van der Waals surface area (Å²) in [6.45, 7) is 6.60. The Morgan fingerprint density at radius 3 is 2.35 bits per heavy atom. The van der Waals surface area contributed by atoms with E-state index in [1.807, 2.05) is 6.92 Å². The number of amides is 2. The second-order valence-corrected chi connectivity index (χ2v) is 8.64. The van der Waals surface area contributed by atoms with Gasteiger partial charge in [0.15, 0.2) is 0 Å². The highest BCUT2D eigenvalue weighted by Crippen LogP contribution is 2.37. The van der Waals surface area contributed by atoms with Crippen molar-refractivity contribution >= 4 is 28.4 Å². The molecular formula is C23H26FN5O2. The molecule has 2 saturated heterocycles. The first-order valence-corrected chi connectivity index (χ1v) is 10.6. The molecule has 2 aliphatic heterocycles. The molecule has 31 heavy (non-hydrogen) atoms. The van der Waals surface area contributed by atoms with Gasteiger partial charge in [-0.3, -0.25) is 14.6 Å². The van der Waals surface area contributed by atoms with Gasteiger partial charge in [0.25, 0.3) is 5.91 Å². The minimum Gasteiger partial charge on any atom is -0.370 e. The molecule has 0 spiro atoms. The van der Waals surface area contributed by atoms with E-state index in [0.29, 0.717) is 74.3 Å². The molecule has 0 unspecified atom stereocenters. The van der Waals surface area contributed by atoms with Crippen LogP contribution in [0.2, 0.25) is 0 Å². The minimum absolute atomic E-state index is 0.00416. The first-order chi connectivity index (χ1) is 14.8. The molecule has 1 aromatic carbocycles. The van der Waals surface area contributed by atoms with Gasteiger partial charge < -0.3 is 14.7 Å². The highest BCUT2D eigenvalue weighted by Gasteiger charge is 2.33. The zero-order chi connectivity index (χ0) is 22.2. The third-order valence-electron chi connectivity index (χ3n) is 6.50. The highest BCUT2D eigenvalue weighted by atomic mass is 19.1. The van der Waals surface area contributed by atoms with Crippen LogP contribution in [-0.2, 0) is 4.79 Å². The Morgan fingerprint density at radius 2 is 1.74 bits per heavy atom. The van der Waals surface area contributed by atoms with E-state index in [2.05, 4.69) is 16.0 Å². The molecular weight excluding hydrogens is 397 g/mol. The van der Waals surface area contributed by atoms with Gasteiger partial charge in [-0.1, -0.05) is 0 Å². The molecule has 2 aromatic rings. The second kappa shape index (κ2) is 8.14. The number of carbonyl (C=O) groups is 2. The van der Waals surface area contributed by atoms with Crippen LogP contribution in [0.3, 0.4) is 0 Å². The predicted molar refractivity (Wildman–Crippen MR) is 115 cm³/mol. The lowest BCUT2D eigenvalue weighted by atomic mass is 9.81. The molecule has 0 radical (unpaired) electrons. The number of pyridine rings is 1.